The fourth-order valence-electron chi connectivity index (χ4n) is 1.89. The lowest BCUT2D eigenvalue weighted by molar-refractivity contribution is 1.41. The second-order valence-electron chi connectivity index (χ2n) is 3.93. The summed E-state index contributed by atoms with van der Waals surface area (Å²) >= 11 is 5.99. The Balaban J connectivity index is 2.19. The molecule has 1 aromatic heterocycles. The minimum Gasteiger partial charge on any atom is -0.256 e. The molecule has 0 atom stereocenters. The molecular formula is C15H10ClN. The van der Waals surface area contributed by atoms with Crippen LogP contribution in [0.15, 0.2) is 60.8 Å². The van der Waals surface area contributed by atoms with Gasteiger partial charge in [-0.15, -0.1) is 0 Å². The molecule has 2 heteroatoms. The molecule has 0 amide bonds. The number of pyridine rings is 1. The van der Waals surface area contributed by atoms with Crippen LogP contribution in [-0.4, -0.2) is 4.98 Å². The van der Waals surface area contributed by atoms with Gasteiger partial charge >= 0.3 is 0 Å². The first-order chi connectivity index (χ1) is 8.33. The van der Waals surface area contributed by atoms with Crippen LogP contribution < -0.4 is 0 Å². The SMILES string of the molecule is Clc1ccc2ncc(-c3ccccc3)cc2c1. The van der Waals surface area contributed by atoms with Crippen molar-refractivity contribution < 1.29 is 0 Å². The molecule has 0 saturated heterocycles. The lowest BCUT2D eigenvalue weighted by atomic mass is 10.1. The highest BCUT2D eigenvalue weighted by atomic mass is 35.5. The number of rotatable bonds is 1. The van der Waals surface area contributed by atoms with E-state index in [1.165, 1.54) is 5.56 Å². The third kappa shape index (κ3) is 2.02. The van der Waals surface area contributed by atoms with Gasteiger partial charge in [0.15, 0.2) is 0 Å². The topological polar surface area (TPSA) is 12.9 Å². The molecule has 0 unspecified atom stereocenters. The van der Waals surface area contributed by atoms with Gasteiger partial charge in [-0.3, -0.25) is 4.98 Å². The molecule has 0 aliphatic carbocycles. The van der Waals surface area contributed by atoms with E-state index in [0.717, 1.165) is 21.5 Å². The number of fused-ring (bicyclic) bond motifs is 1. The zero-order chi connectivity index (χ0) is 11.7. The van der Waals surface area contributed by atoms with Gasteiger partial charge in [-0.1, -0.05) is 41.9 Å². The lowest BCUT2D eigenvalue weighted by Gasteiger charge is -2.03. The predicted octanol–water partition coefficient (Wildman–Crippen LogP) is 4.56. The summed E-state index contributed by atoms with van der Waals surface area (Å²) in [6, 6.07) is 18.1. The molecule has 0 fully saturated rings. The summed E-state index contributed by atoms with van der Waals surface area (Å²) in [6.45, 7) is 0. The molecule has 0 N–H and O–H groups in total. The van der Waals surface area contributed by atoms with Crippen LogP contribution in [0, 0.1) is 0 Å². The van der Waals surface area contributed by atoms with Crippen LogP contribution in [-0.2, 0) is 0 Å². The molecule has 0 radical (unpaired) electrons. The second-order valence-corrected chi connectivity index (χ2v) is 4.36. The van der Waals surface area contributed by atoms with Crippen LogP contribution in [0.5, 0.6) is 0 Å². The van der Waals surface area contributed by atoms with Crippen molar-refractivity contribution in [2.75, 3.05) is 0 Å². The maximum Gasteiger partial charge on any atom is 0.0703 e. The van der Waals surface area contributed by atoms with Crippen LogP contribution in [0.3, 0.4) is 0 Å². The first-order valence-corrected chi connectivity index (χ1v) is 5.81. The maximum atomic E-state index is 5.99. The van der Waals surface area contributed by atoms with Crippen molar-refractivity contribution in [1.29, 1.82) is 0 Å². The van der Waals surface area contributed by atoms with E-state index >= 15 is 0 Å². The summed E-state index contributed by atoms with van der Waals surface area (Å²) in [7, 11) is 0. The van der Waals surface area contributed by atoms with E-state index in [-0.39, 0.29) is 0 Å². The smallest absolute Gasteiger partial charge is 0.0703 e. The molecule has 3 rings (SSSR count). The van der Waals surface area contributed by atoms with E-state index in [2.05, 4.69) is 23.2 Å². The Labute approximate surface area is 105 Å². The summed E-state index contributed by atoms with van der Waals surface area (Å²) in [6.07, 6.45) is 1.89. The molecule has 3 aromatic rings. The third-order valence-electron chi connectivity index (χ3n) is 2.75. The molecule has 0 aliphatic rings. The van der Waals surface area contributed by atoms with Gasteiger partial charge in [0.2, 0.25) is 0 Å². The summed E-state index contributed by atoms with van der Waals surface area (Å²) in [5, 5.41) is 1.81. The second kappa shape index (κ2) is 4.19. The molecule has 0 bridgehead atoms. The van der Waals surface area contributed by atoms with Gasteiger partial charge < -0.3 is 0 Å². The van der Waals surface area contributed by atoms with E-state index in [0.29, 0.717) is 0 Å². The van der Waals surface area contributed by atoms with Gasteiger partial charge in [0.05, 0.1) is 5.52 Å². The van der Waals surface area contributed by atoms with Gasteiger partial charge in [-0.2, -0.15) is 0 Å². The van der Waals surface area contributed by atoms with Gasteiger partial charge in [0, 0.05) is 22.2 Å². The van der Waals surface area contributed by atoms with Crippen molar-refractivity contribution in [3.8, 4) is 11.1 Å². The zero-order valence-corrected chi connectivity index (χ0v) is 9.85. The molecule has 17 heavy (non-hydrogen) atoms. The van der Waals surface area contributed by atoms with Gasteiger partial charge in [0.25, 0.3) is 0 Å². The average Bonchev–Trinajstić information content (AvgIpc) is 2.39. The quantitative estimate of drug-likeness (QED) is 0.607. The molecular weight excluding hydrogens is 230 g/mol. The summed E-state index contributed by atoms with van der Waals surface area (Å²) in [5.74, 6) is 0. The fourth-order valence-corrected chi connectivity index (χ4v) is 2.07. The van der Waals surface area contributed by atoms with Crippen LogP contribution in [0.4, 0.5) is 0 Å². The molecule has 2 aromatic carbocycles. The highest BCUT2D eigenvalue weighted by molar-refractivity contribution is 6.31. The van der Waals surface area contributed by atoms with E-state index in [4.69, 9.17) is 11.6 Å². The van der Waals surface area contributed by atoms with Crippen LogP contribution in [0.2, 0.25) is 5.02 Å². The fraction of sp³-hybridized carbons (Fsp3) is 0. The van der Waals surface area contributed by atoms with Crippen molar-refractivity contribution in [1.82, 2.24) is 4.98 Å². The first-order valence-electron chi connectivity index (χ1n) is 5.44. The number of aromatic nitrogens is 1. The van der Waals surface area contributed by atoms with E-state index < -0.39 is 0 Å². The largest absolute Gasteiger partial charge is 0.256 e. The van der Waals surface area contributed by atoms with Crippen LogP contribution >= 0.6 is 11.6 Å². The Morgan fingerprint density at radius 1 is 0.824 bits per heavy atom. The van der Waals surface area contributed by atoms with Crippen molar-refractivity contribution in [3.05, 3.63) is 65.8 Å². The molecule has 0 aliphatic heterocycles. The Kier molecular flexibility index (Phi) is 2.54. The van der Waals surface area contributed by atoms with Crippen molar-refractivity contribution in [2.45, 2.75) is 0 Å². The Bertz CT molecular complexity index is 662. The minimum atomic E-state index is 0.740. The minimum absolute atomic E-state index is 0.740. The number of benzene rings is 2. The zero-order valence-electron chi connectivity index (χ0n) is 9.10. The Morgan fingerprint density at radius 3 is 2.47 bits per heavy atom. The highest BCUT2D eigenvalue weighted by Crippen LogP contribution is 2.24. The molecule has 82 valence electrons. The van der Waals surface area contributed by atoms with Crippen molar-refractivity contribution >= 4 is 22.5 Å². The molecule has 0 saturated carbocycles. The first kappa shape index (κ1) is 10.3. The van der Waals surface area contributed by atoms with Crippen molar-refractivity contribution in [2.24, 2.45) is 0 Å². The summed E-state index contributed by atoms with van der Waals surface area (Å²) < 4.78 is 0. The standard InChI is InChI=1S/C15H10ClN/c16-14-6-7-15-12(9-14)8-13(10-17-15)11-4-2-1-3-5-11/h1-10H. The van der Waals surface area contributed by atoms with Gasteiger partial charge in [0.1, 0.15) is 0 Å². The molecule has 1 heterocycles. The van der Waals surface area contributed by atoms with Gasteiger partial charge in [-0.25, -0.2) is 0 Å². The normalized spacial score (nSPS) is 10.6. The number of hydrogen-bond acceptors (Lipinski definition) is 1. The van der Waals surface area contributed by atoms with E-state index in [1.807, 2.05) is 42.6 Å². The highest BCUT2D eigenvalue weighted by Gasteiger charge is 2.00. The van der Waals surface area contributed by atoms with Crippen LogP contribution in [0.25, 0.3) is 22.0 Å². The van der Waals surface area contributed by atoms with Crippen molar-refractivity contribution in [3.63, 3.8) is 0 Å². The Hall–Kier alpha value is -1.86. The average molecular weight is 240 g/mol. The number of nitrogens with zero attached hydrogens (tertiary/aromatic N) is 1. The molecule has 1 nitrogen and oxygen atoms in total. The maximum absolute atomic E-state index is 5.99. The monoisotopic (exact) mass is 239 g/mol. The van der Waals surface area contributed by atoms with E-state index in [1.54, 1.807) is 0 Å². The van der Waals surface area contributed by atoms with Gasteiger partial charge in [-0.05, 0) is 29.8 Å². The Morgan fingerprint density at radius 2 is 1.65 bits per heavy atom. The summed E-state index contributed by atoms with van der Waals surface area (Å²) in [5.41, 5.74) is 3.25. The van der Waals surface area contributed by atoms with Crippen LogP contribution in [0.1, 0.15) is 0 Å². The predicted molar refractivity (Wildman–Crippen MR) is 72.2 cm³/mol. The number of hydrogen-bond donors (Lipinski definition) is 0. The van der Waals surface area contributed by atoms with E-state index in [9.17, 15) is 0 Å². The lowest BCUT2D eigenvalue weighted by Crippen LogP contribution is -1.82. The number of halogens is 1. The summed E-state index contributed by atoms with van der Waals surface area (Å²) in [4.78, 5) is 4.44. The molecule has 0 spiro atoms. The third-order valence-corrected chi connectivity index (χ3v) is 2.99.